The van der Waals surface area contributed by atoms with Gasteiger partial charge in [0.2, 0.25) is 23.3 Å². The molecule has 2 fully saturated rings. The molecule has 7 nitrogen and oxygen atoms in total. The van der Waals surface area contributed by atoms with Crippen molar-refractivity contribution in [2.75, 3.05) is 24.6 Å². The minimum Gasteiger partial charge on any atom is -0.473 e. The van der Waals surface area contributed by atoms with Gasteiger partial charge in [0.25, 0.3) is 0 Å². The molecule has 0 atom stereocenters. The van der Waals surface area contributed by atoms with Crippen LogP contribution in [-0.2, 0) is 4.74 Å². The predicted molar refractivity (Wildman–Crippen MR) is 103 cm³/mol. The van der Waals surface area contributed by atoms with Crippen molar-refractivity contribution in [3.05, 3.63) is 9.90 Å². The van der Waals surface area contributed by atoms with Crippen molar-refractivity contribution >= 4 is 41.9 Å². The average molecular weight is 453 g/mol. The smallest absolute Gasteiger partial charge is 0.234 e. The SMILES string of the molecule is [B]N(CC1CCOCC1)c1cc(OC2CCCC2)nn2c(I)nnc12. The molecule has 3 heterocycles. The standard InChI is InChI=1S/C16H21BIN5O2/c17-22(10-11-5-7-24-8-6-11)13-9-14(25-12-3-1-2-4-12)21-23-15(13)19-20-16(23)18/h9,11-12H,1-8,10H2. The van der Waals surface area contributed by atoms with Gasteiger partial charge >= 0.3 is 0 Å². The van der Waals surface area contributed by atoms with Crippen LogP contribution in [-0.4, -0.2) is 53.7 Å². The summed E-state index contributed by atoms with van der Waals surface area (Å²) in [5.74, 6) is 1.11. The van der Waals surface area contributed by atoms with E-state index in [4.69, 9.17) is 17.5 Å². The molecular weight excluding hydrogens is 432 g/mol. The van der Waals surface area contributed by atoms with E-state index in [0.717, 1.165) is 51.1 Å². The molecule has 2 aliphatic rings. The molecule has 1 aliphatic carbocycles. The Morgan fingerprint density at radius 3 is 2.76 bits per heavy atom. The van der Waals surface area contributed by atoms with Crippen LogP contribution in [0.4, 0.5) is 5.69 Å². The lowest BCUT2D eigenvalue weighted by Gasteiger charge is -2.29. The van der Waals surface area contributed by atoms with Gasteiger partial charge < -0.3 is 14.3 Å². The van der Waals surface area contributed by atoms with E-state index < -0.39 is 0 Å². The van der Waals surface area contributed by atoms with E-state index in [9.17, 15) is 0 Å². The van der Waals surface area contributed by atoms with E-state index in [0.29, 0.717) is 21.3 Å². The van der Waals surface area contributed by atoms with Gasteiger partial charge in [-0.15, -0.1) is 15.3 Å². The molecule has 1 saturated carbocycles. The van der Waals surface area contributed by atoms with Gasteiger partial charge in [0.15, 0.2) is 0 Å². The molecule has 0 unspecified atom stereocenters. The average Bonchev–Trinajstić information content (AvgIpc) is 3.26. The maximum absolute atomic E-state index is 6.40. The summed E-state index contributed by atoms with van der Waals surface area (Å²) < 4.78 is 13.9. The molecule has 0 bridgehead atoms. The maximum atomic E-state index is 6.40. The summed E-state index contributed by atoms with van der Waals surface area (Å²) in [6.07, 6.45) is 6.92. The van der Waals surface area contributed by atoms with Gasteiger partial charge in [-0.1, -0.05) is 0 Å². The molecule has 0 N–H and O–H groups in total. The summed E-state index contributed by atoms with van der Waals surface area (Å²) in [7, 11) is 6.40. The number of aromatic nitrogens is 4. The van der Waals surface area contributed by atoms with E-state index in [1.54, 1.807) is 9.33 Å². The first-order valence-corrected chi connectivity index (χ1v) is 9.97. The first kappa shape index (κ1) is 17.3. The quantitative estimate of drug-likeness (QED) is 0.512. The molecule has 0 spiro atoms. The summed E-state index contributed by atoms with van der Waals surface area (Å²) >= 11 is 2.13. The van der Waals surface area contributed by atoms with Crippen molar-refractivity contribution < 1.29 is 9.47 Å². The van der Waals surface area contributed by atoms with Crippen LogP contribution in [0.25, 0.3) is 5.65 Å². The molecule has 0 aromatic carbocycles. The number of rotatable bonds is 5. The van der Waals surface area contributed by atoms with E-state index in [2.05, 4.69) is 37.9 Å². The molecule has 2 aromatic heterocycles. The van der Waals surface area contributed by atoms with Gasteiger partial charge in [0, 0.05) is 48.4 Å². The summed E-state index contributed by atoms with van der Waals surface area (Å²) in [6.45, 7) is 2.38. The van der Waals surface area contributed by atoms with Crippen LogP contribution in [0.2, 0.25) is 0 Å². The fourth-order valence-electron chi connectivity index (χ4n) is 3.57. The Bertz CT molecular complexity index is 731. The number of hydrogen-bond acceptors (Lipinski definition) is 6. The molecule has 2 radical (unpaired) electrons. The second kappa shape index (κ2) is 7.65. The van der Waals surface area contributed by atoms with Crippen molar-refractivity contribution in [3.63, 3.8) is 0 Å². The Labute approximate surface area is 162 Å². The maximum Gasteiger partial charge on any atom is 0.234 e. The minimum absolute atomic E-state index is 0.244. The molecule has 25 heavy (non-hydrogen) atoms. The largest absolute Gasteiger partial charge is 0.473 e. The van der Waals surface area contributed by atoms with Crippen LogP contribution in [0.1, 0.15) is 38.5 Å². The monoisotopic (exact) mass is 453 g/mol. The Kier molecular flexibility index (Phi) is 5.30. The zero-order valence-electron chi connectivity index (χ0n) is 14.1. The molecular formula is C16H21BIN5O2. The highest BCUT2D eigenvalue weighted by Crippen LogP contribution is 2.29. The number of anilines is 1. The molecule has 0 amide bonds. The van der Waals surface area contributed by atoms with Crippen molar-refractivity contribution in [2.45, 2.75) is 44.6 Å². The normalized spacial score (nSPS) is 19.6. The third kappa shape index (κ3) is 3.86. The number of hydrogen-bond donors (Lipinski definition) is 0. The van der Waals surface area contributed by atoms with Gasteiger partial charge in [0.1, 0.15) is 6.10 Å². The van der Waals surface area contributed by atoms with Gasteiger partial charge in [-0.05, 0) is 44.4 Å². The topological polar surface area (TPSA) is 64.8 Å². The fourth-order valence-corrected chi connectivity index (χ4v) is 4.01. The number of halogens is 1. The highest BCUT2D eigenvalue weighted by molar-refractivity contribution is 14.1. The minimum atomic E-state index is 0.244. The van der Waals surface area contributed by atoms with Crippen LogP contribution in [0.3, 0.4) is 0 Å². The summed E-state index contributed by atoms with van der Waals surface area (Å²) in [5, 5.41) is 12.9. The van der Waals surface area contributed by atoms with Crippen molar-refractivity contribution in [1.82, 2.24) is 19.8 Å². The zero-order valence-corrected chi connectivity index (χ0v) is 16.3. The molecule has 2 aromatic rings. The number of ether oxygens (including phenoxy) is 2. The Morgan fingerprint density at radius 1 is 1.24 bits per heavy atom. The van der Waals surface area contributed by atoms with Crippen LogP contribution in [0.5, 0.6) is 5.88 Å². The van der Waals surface area contributed by atoms with Gasteiger partial charge in [-0.25, -0.2) is 0 Å². The van der Waals surface area contributed by atoms with Gasteiger partial charge in [-0.3, -0.25) is 0 Å². The molecule has 132 valence electrons. The number of fused-ring (bicyclic) bond motifs is 1. The van der Waals surface area contributed by atoms with E-state index >= 15 is 0 Å². The van der Waals surface area contributed by atoms with E-state index in [1.807, 2.05) is 6.07 Å². The van der Waals surface area contributed by atoms with Crippen molar-refractivity contribution in [3.8, 4) is 5.88 Å². The molecule has 9 heteroatoms. The lowest BCUT2D eigenvalue weighted by molar-refractivity contribution is 0.0691. The van der Waals surface area contributed by atoms with Crippen LogP contribution >= 0.6 is 22.6 Å². The zero-order chi connectivity index (χ0) is 17.2. The second-order valence-electron chi connectivity index (χ2n) is 6.80. The fraction of sp³-hybridized carbons (Fsp3) is 0.688. The molecule has 1 saturated heterocycles. The van der Waals surface area contributed by atoms with Crippen molar-refractivity contribution in [2.24, 2.45) is 5.92 Å². The highest BCUT2D eigenvalue weighted by atomic mass is 127. The third-order valence-corrected chi connectivity index (χ3v) is 5.66. The predicted octanol–water partition coefficient (Wildman–Crippen LogP) is 2.37. The van der Waals surface area contributed by atoms with Crippen LogP contribution in [0.15, 0.2) is 6.07 Å². The first-order chi connectivity index (χ1) is 12.2. The van der Waals surface area contributed by atoms with Crippen LogP contribution in [0, 0.1) is 9.75 Å². The Hall–Kier alpha value is -1.10. The lowest BCUT2D eigenvalue weighted by Crippen LogP contribution is -2.31. The van der Waals surface area contributed by atoms with E-state index in [-0.39, 0.29) is 6.10 Å². The first-order valence-electron chi connectivity index (χ1n) is 8.89. The molecule has 1 aliphatic heterocycles. The molecule has 4 rings (SSSR count). The summed E-state index contributed by atoms with van der Waals surface area (Å²) in [6, 6.07) is 1.90. The summed E-state index contributed by atoms with van der Waals surface area (Å²) in [5.41, 5.74) is 1.47. The second-order valence-corrected chi connectivity index (χ2v) is 7.77. The van der Waals surface area contributed by atoms with E-state index in [1.165, 1.54) is 12.8 Å². The van der Waals surface area contributed by atoms with Crippen LogP contribution < -0.4 is 9.55 Å². The third-order valence-electron chi connectivity index (χ3n) is 4.99. The highest BCUT2D eigenvalue weighted by Gasteiger charge is 2.22. The lowest BCUT2D eigenvalue weighted by atomic mass is 9.98. The van der Waals surface area contributed by atoms with Gasteiger partial charge in [-0.2, -0.15) is 4.52 Å². The Balaban J connectivity index is 1.60. The summed E-state index contributed by atoms with van der Waals surface area (Å²) in [4.78, 5) is 1.76. The van der Waals surface area contributed by atoms with Gasteiger partial charge in [0.05, 0.1) is 5.69 Å². The Morgan fingerprint density at radius 2 is 2.00 bits per heavy atom. The van der Waals surface area contributed by atoms with Crippen molar-refractivity contribution in [1.29, 1.82) is 0 Å². The number of nitrogens with zero attached hydrogens (tertiary/aromatic N) is 5.